The maximum Gasteiger partial charge on any atom is 0.261 e. The lowest BCUT2D eigenvalue weighted by molar-refractivity contribution is -0.123. The predicted molar refractivity (Wildman–Crippen MR) is 244 cm³/mol. The molecule has 0 radical (unpaired) electrons. The Kier molecular flexibility index (Phi) is 9.26. The Balaban J connectivity index is 0.972. The van der Waals surface area contributed by atoms with Gasteiger partial charge >= 0.3 is 0 Å². The van der Waals surface area contributed by atoms with E-state index in [2.05, 4.69) is 143 Å². The number of para-hydroxylation sites is 4. The molecule has 0 aliphatic carbocycles. The van der Waals surface area contributed by atoms with Gasteiger partial charge in [0.25, 0.3) is 11.8 Å². The van der Waals surface area contributed by atoms with Gasteiger partial charge in [-0.3, -0.25) is 9.59 Å². The highest BCUT2D eigenvalue weighted by atomic mass is 32.1. The van der Waals surface area contributed by atoms with Gasteiger partial charge in [-0.2, -0.15) is 0 Å². The Morgan fingerprint density at radius 1 is 0.345 bits per heavy atom. The van der Waals surface area contributed by atoms with Crippen LogP contribution in [0.25, 0.3) is 30.9 Å². The van der Waals surface area contributed by atoms with E-state index in [-0.39, 0.29) is 11.8 Å². The minimum Gasteiger partial charge on any atom is -0.309 e. The second-order valence-corrected chi connectivity index (χ2v) is 18.1. The van der Waals surface area contributed by atoms with Crippen molar-refractivity contribution in [1.82, 2.24) is 9.80 Å². The first-order valence-electron chi connectivity index (χ1n) is 18.7. The van der Waals surface area contributed by atoms with Crippen LogP contribution in [0.5, 0.6) is 0 Å². The lowest BCUT2D eigenvalue weighted by Crippen LogP contribution is -2.24. The van der Waals surface area contributed by atoms with Crippen LogP contribution in [0.2, 0.25) is 0 Å². The average molecular weight is 827 g/mol. The van der Waals surface area contributed by atoms with Crippen LogP contribution in [0.4, 0.5) is 32.8 Å². The molecule has 6 nitrogen and oxygen atoms in total. The van der Waals surface area contributed by atoms with Crippen LogP contribution in [0.3, 0.4) is 0 Å². The SMILES string of the molecule is CN1C(=O)C2=C(c3ccc(-c4ccc(N(c5ccccc5)c5ccccc5)s4)s3)N(C)C(=O)C2=C1c1ccc(-c2ccc(N(c3ccccc3)c3ccccc3)s2)s1. The maximum absolute atomic E-state index is 14.1. The van der Waals surface area contributed by atoms with Crippen molar-refractivity contribution in [3.05, 3.63) is 191 Å². The number of benzene rings is 4. The van der Waals surface area contributed by atoms with Crippen LogP contribution in [0.15, 0.2) is 181 Å². The second-order valence-electron chi connectivity index (χ2n) is 13.8. The molecule has 10 heteroatoms. The first kappa shape index (κ1) is 36.1. The van der Waals surface area contributed by atoms with E-state index in [9.17, 15) is 9.59 Å². The molecule has 2 amide bonds. The molecule has 0 spiro atoms. The van der Waals surface area contributed by atoms with Crippen LogP contribution < -0.4 is 9.80 Å². The molecule has 2 aliphatic rings. The minimum atomic E-state index is -0.165. The molecule has 282 valence electrons. The molecule has 0 saturated carbocycles. The first-order chi connectivity index (χ1) is 28.4. The molecule has 2 aliphatic heterocycles. The quantitative estimate of drug-likeness (QED) is 0.138. The smallest absolute Gasteiger partial charge is 0.261 e. The largest absolute Gasteiger partial charge is 0.309 e. The van der Waals surface area contributed by atoms with Crippen molar-refractivity contribution in [2.45, 2.75) is 0 Å². The number of thiophene rings is 4. The molecule has 0 fully saturated rings. The van der Waals surface area contributed by atoms with Crippen LogP contribution in [-0.2, 0) is 9.59 Å². The maximum atomic E-state index is 14.1. The fourth-order valence-electron chi connectivity index (χ4n) is 7.58. The number of anilines is 6. The Bertz CT molecular complexity index is 2590. The molecule has 0 atom stereocenters. The van der Waals surface area contributed by atoms with Crippen molar-refractivity contribution in [1.29, 1.82) is 0 Å². The Hall–Kier alpha value is -6.30. The Morgan fingerprint density at radius 3 is 0.948 bits per heavy atom. The second kappa shape index (κ2) is 14.9. The summed E-state index contributed by atoms with van der Waals surface area (Å²) in [5.41, 5.74) is 6.61. The summed E-state index contributed by atoms with van der Waals surface area (Å²) < 4.78 is 0. The van der Waals surface area contributed by atoms with E-state index in [1.54, 1.807) is 69.2 Å². The van der Waals surface area contributed by atoms with E-state index in [1.807, 2.05) is 36.4 Å². The summed E-state index contributed by atoms with van der Waals surface area (Å²) in [6.07, 6.45) is 0. The summed E-state index contributed by atoms with van der Waals surface area (Å²) in [6.45, 7) is 0. The molecule has 8 aromatic rings. The van der Waals surface area contributed by atoms with Crippen molar-refractivity contribution in [2.75, 3.05) is 23.9 Å². The molecular weight excluding hydrogens is 793 g/mol. The molecule has 4 aromatic carbocycles. The third-order valence-electron chi connectivity index (χ3n) is 10.3. The Morgan fingerprint density at radius 2 is 0.621 bits per heavy atom. The standard InChI is InChI=1S/C48H34N4O2S4/c1-49-45(39-25-23-35(55-39)37-27-29-41(57-37)51(31-15-7-3-8-16-31)32-17-9-4-10-18-32)43-44(47(49)53)46(50(2)48(43)54)40-26-24-36(56-40)38-28-30-42(58-38)52(33-19-11-5-12-20-33)34-21-13-6-14-22-34/h3-30H,1-2H3. The lowest BCUT2D eigenvalue weighted by Gasteiger charge is -2.23. The fraction of sp³-hybridized carbons (Fsp3) is 0.0417. The highest BCUT2D eigenvalue weighted by Gasteiger charge is 2.47. The van der Waals surface area contributed by atoms with Gasteiger partial charge in [0, 0.05) is 56.4 Å². The summed E-state index contributed by atoms with van der Waals surface area (Å²) >= 11 is 6.64. The zero-order valence-corrected chi connectivity index (χ0v) is 34.7. The van der Waals surface area contributed by atoms with E-state index >= 15 is 0 Å². The van der Waals surface area contributed by atoms with Crippen LogP contribution in [0.1, 0.15) is 9.75 Å². The monoisotopic (exact) mass is 826 g/mol. The third kappa shape index (κ3) is 6.22. The number of carbonyl (C=O) groups is 2. The lowest BCUT2D eigenvalue weighted by atomic mass is 10.1. The number of hydrogen-bond donors (Lipinski definition) is 0. The number of carbonyl (C=O) groups excluding carboxylic acids is 2. The molecule has 6 heterocycles. The van der Waals surface area contributed by atoms with Gasteiger partial charge in [-0.1, -0.05) is 72.8 Å². The molecule has 0 saturated heterocycles. The molecular formula is C48H34N4O2S4. The number of amides is 2. The fourth-order valence-corrected chi connectivity index (χ4v) is 12.0. The van der Waals surface area contributed by atoms with Gasteiger partial charge in [0.2, 0.25) is 0 Å². The van der Waals surface area contributed by atoms with Gasteiger partial charge < -0.3 is 19.6 Å². The number of rotatable bonds is 10. The van der Waals surface area contributed by atoms with Gasteiger partial charge in [-0.05, 0) is 97.1 Å². The van der Waals surface area contributed by atoms with Gasteiger partial charge in [0.15, 0.2) is 0 Å². The van der Waals surface area contributed by atoms with Crippen LogP contribution in [-0.4, -0.2) is 35.7 Å². The van der Waals surface area contributed by atoms with Gasteiger partial charge in [-0.25, -0.2) is 0 Å². The number of nitrogens with zero attached hydrogens (tertiary/aromatic N) is 4. The Labute approximate surface area is 352 Å². The van der Waals surface area contributed by atoms with Gasteiger partial charge in [0.1, 0.15) is 10.0 Å². The van der Waals surface area contributed by atoms with Crippen molar-refractivity contribution >= 4 is 101 Å². The third-order valence-corrected chi connectivity index (χ3v) is 15.0. The summed E-state index contributed by atoms with van der Waals surface area (Å²) in [5, 5.41) is 2.19. The van der Waals surface area contributed by atoms with Crippen molar-refractivity contribution < 1.29 is 9.59 Å². The normalized spacial score (nSPS) is 13.9. The van der Waals surface area contributed by atoms with Crippen molar-refractivity contribution in [3.8, 4) is 19.5 Å². The summed E-state index contributed by atoms with van der Waals surface area (Å²) in [7, 11) is 3.55. The molecule has 0 unspecified atom stereocenters. The highest BCUT2D eigenvalue weighted by Crippen LogP contribution is 2.51. The molecule has 58 heavy (non-hydrogen) atoms. The van der Waals surface area contributed by atoms with E-state index in [4.69, 9.17) is 0 Å². The zero-order chi connectivity index (χ0) is 39.3. The number of fused-ring (bicyclic) bond motifs is 1. The van der Waals surface area contributed by atoms with E-state index in [0.29, 0.717) is 22.5 Å². The summed E-state index contributed by atoms with van der Waals surface area (Å²) in [4.78, 5) is 42.3. The van der Waals surface area contributed by atoms with E-state index < -0.39 is 0 Å². The molecule has 0 N–H and O–H groups in total. The van der Waals surface area contributed by atoms with Crippen LogP contribution >= 0.6 is 45.3 Å². The summed E-state index contributed by atoms with van der Waals surface area (Å²) in [6, 6.07) is 58.4. The first-order valence-corrected chi connectivity index (χ1v) is 22.0. The molecule has 0 bridgehead atoms. The zero-order valence-electron chi connectivity index (χ0n) is 31.4. The van der Waals surface area contributed by atoms with Crippen LogP contribution in [0, 0.1) is 0 Å². The minimum absolute atomic E-state index is 0.165. The predicted octanol–water partition coefficient (Wildman–Crippen LogP) is 13.3. The van der Waals surface area contributed by atoms with E-state index in [1.165, 1.54) is 0 Å². The number of likely N-dealkylation sites (N-methyl/N-ethyl adjacent to an activating group) is 2. The summed E-state index contributed by atoms with van der Waals surface area (Å²) in [5.74, 6) is -0.329. The van der Waals surface area contributed by atoms with E-state index in [0.717, 1.165) is 62.0 Å². The average Bonchev–Trinajstić information content (AvgIpc) is 4.14. The topological polar surface area (TPSA) is 47.1 Å². The highest BCUT2D eigenvalue weighted by molar-refractivity contribution is 7.25. The van der Waals surface area contributed by atoms with Crippen molar-refractivity contribution in [3.63, 3.8) is 0 Å². The van der Waals surface area contributed by atoms with Gasteiger partial charge in [0.05, 0.1) is 32.3 Å². The van der Waals surface area contributed by atoms with Gasteiger partial charge in [-0.15, -0.1) is 45.3 Å². The van der Waals surface area contributed by atoms with Crippen molar-refractivity contribution in [2.24, 2.45) is 0 Å². The number of hydrogen-bond acceptors (Lipinski definition) is 8. The molecule has 4 aromatic heterocycles. The molecule has 10 rings (SSSR count).